The molecule has 172 valence electrons. The van der Waals surface area contributed by atoms with Gasteiger partial charge in [-0.3, -0.25) is 0 Å². The van der Waals surface area contributed by atoms with E-state index in [1.807, 2.05) is 24.3 Å². The van der Waals surface area contributed by atoms with Gasteiger partial charge in [0, 0.05) is 11.4 Å². The third-order valence-electron chi connectivity index (χ3n) is 6.58. The first-order valence-electron chi connectivity index (χ1n) is 12.0. The molecule has 5 rings (SSSR count). The Kier molecular flexibility index (Phi) is 6.67. The molecule has 0 bridgehead atoms. The maximum atomic E-state index is 9.56. The van der Waals surface area contributed by atoms with Crippen molar-refractivity contribution < 1.29 is 10.0 Å². The zero-order chi connectivity index (χ0) is 24.2. The van der Waals surface area contributed by atoms with Crippen molar-refractivity contribution in [1.82, 2.24) is 0 Å². The zero-order valence-electron chi connectivity index (χ0n) is 19.7. The van der Waals surface area contributed by atoms with Crippen molar-refractivity contribution in [2.75, 3.05) is 4.90 Å². The van der Waals surface area contributed by atoms with E-state index in [9.17, 15) is 10.0 Å². The molecule has 0 saturated carbocycles. The molecular formula is C31H28BNO2. The van der Waals surface area contributed by atoms with E-state index in [0.717, 1.165) is 11.4 Å². The van der Waals surface area contributed by atoms with Gasteiger partial charge < -0.3 is 14.9 Å². The Morgan fingerprint density at radius 1 is 0.629 bits per heavy atom. The third-order valence-corrected chi connectivity index (χ3v) is 6.58. The topological polar surface area (TPSA) is 43.7 Å². The monoisotopic (exact) mass is 457 g/mol. The van der Waals surface area contributed by atoms with E-state index >= 15 is 0 Å². The fourth-order valence-corrected chi connectivity index (χ4v) is 4.70. The molecule has 0 fully saturated rings. The van der Waals surface area contributed by atoms with E-state index in [4.69, 9.17) is 0 Å². The highest BCUT2D eigenvalue weighted by Gasteiger charge is 2.26. The molecule has 1 aliphatic carbocycles. The Hall–Kier alpha value is -3.86. The van der Waals surface area contributed by atoms with E-state index in [1.165, 1.54) is 22.3 Å². The molecule has 1 aliphatic rings. The van der Waals surface area contributed by atoms with Gasteiger partial charge in [0.25, 0.3) is 0 Å². The summed E-state index contributed by atoms with van der Waals surface area (Å²) in [6.45, 7) is 2.24. The summed E-state index contributed by atoms with van der Waals surface area (Å²) in [5.41, 5.74) is 7.37. The molecule has 2 N–H and O–H groups in total. The maximum Gasteiger partial charge on any atom is 0.488 e. The smallest absolute Gasteiger partial charge is 0.423 e. The molecule has 0 aromatic heterocycles. The second-order valence-corrected chi connectivity index (χ2v) is 8.94. The van der Waals surface area contributed by atoms with Crippen LogP contribution in [0.25, 0.3) is 16.7 Å². The SMILES string of the molecule is CC1C=C(c2ccccc2)C=CC1N(c1ccc(B(O)O)cc1)c1ccc(-c2ccccc2)cc1. The van der Waals surface area contributed by atoms with Gasteiger partial charge >= 0.3 is 7.12 Å². The number of anilines is 2. The molecule has 0 radical (unpaired) electrons. The van der Waals surface area contributed by atoms with Gasteiger partial charge in [-0.2, -0.15) is 0 Å². The van der Waals surface area contributed by atoms with Crippen LogP contribution in [0.2, 0.25) is 0 Å². The molecule has 0 heterocycles. The van der Waals surface area contributed by atoms with Crippen molar-refractivity contribution in [3.05, 3.63) is 133 Å². The van der Waals surface area contributed by atoms with Crippen molar-refractivity contribution in [1.29, 1.82) is 0 Å². The van der Waals surface area contributed by atoms with Crippen LogP contribution < -0.4 is 10.4 Å². The zero-order valence-corrected chi connectivity index (χ0v) is 19.7. The van der Waals surface area contributed by atoms with Crippen molar-refractivity contribution in [2.24, 2.45) is 5.92 Å². The van der Waals surface area contributed by atoms with Crippen molar-refractivity contribution in [3.8, 4) is 11.1 Å². The summed E-state index contributed by atoms with van der Waals surface area (Å²) in [5.74, 6) is 0.257. The normalized spacial score (nSPS) is 17.1. The van der Waals surface area contributed by atoms with E-state index < -0.39 is 7.12 Å². The minimum Gasteiger partial charge on any atom is -0.423 e. The van der Waals surface area contributed by atoms with E-state index in [-0.39, 0.29) is 12.0 Å². The fourth-order valence-electron chi connectivity index (χ4n) is 4.70. The lowest BCUT2D eigenvalue weighted by Crippen LogP contribution is -2.36. The Morgan fingerprint density at radius 3 is 1.69 bits per heavy atom. The summed E-state index contributed by atoms with van der Waals surface area (Å²) in [4.78, 5) is 2.32. The highest BCUT2D eigenvalue weighted by Crippen LogP contribution is 2.36. The predicted octanol–water partition coefficient (Wildman–Crippen LogP) is 5.83. The minimum absolute atomic E-state index is 0.106. The quantitative estimate of drug-likeness (QED) is 0.358. The van der Waals surface area contributed by atoms with Gasteiger partial charge in [0.05, 0.1) is 6.04 Å². The second kappa shape index (κ2) is 10.2. The van der Waals surface area contributed by atoms with Crippen LogP contribution in [-0.2, 0) is 0 Å². The molecule has 0 saturated heterocycles. The second-order valence-electron chi connectivity index (χ2n) is 8.94. The number of allylic oxidation sites excluding steroid dienone is 2. The van der Waals surface area contributed by atoms with Crippen molar-refractivity contribution in [2.45, 2.75) is 13.0 Å². The van der Waals surface area contributed by atoms with Crippen LogP contribution in [0.3, 0.4) is 0 Å². The first kappa shape index (κ1) is 22.9. The Bertz CT molecular complexity index is 1310. The van der Waals surface area contributed by atoms with Gasteiger partial charge in [-0.15, -0.1) is 0 Å². The van der Waals surface area contributed by atoms with Crippen LogP contribution >= 0.6 is 0 Å². The maximum absolute atomic E-state index is 9.56. The number of hydrogen-bond donors (Lipinski definition) is 2. The number of rotatable bonds is 6. The van der Waals surface area contributed by atoms with Crippen LogP contribution in [0.15, 0.2) is 127 Å². The van der Waals surface area contributed by atoms with Crippen LogP contribution in [-0.4, -0.2) is 23.2 Å². The number of nitrogens with zero attached hydrogens (tertiary/aromatic N) is 1. The largest absolute Gasteiger partial charge is 0.488 e. The number of hydrogen-bond acceptors (Lipinski definition) is 3. The summed E-state index contributed by atoms with van der Waals surface area (Å²) in [7, 11) is -1.48. The predicted molar refractivity (Wildman–Crippen MR) is 147 cm³/mol. The molecule has 3 nitrogen and oxygen atoms in total. The Balaban J connectivity index is 1.51. The standard InChI is InChI=1S/C31H28BNO2/c1-23-22-27(25-10-6-3-7-11-25)14-21-31(23)33(30-19-15-28(16-20-30)32(34)35)29-17-12-26(13-18-29)24-8-4-2-5-9-24/h2-23,31,34-35H,1H3. The molecule has 4 aromatic rings. The fraction of sp³-hybridized carbons (Fsp3) is 0.0968. The van der Waals surface area contributed by atoms with Gasteiger partial charge in [0.2, 0.25) is 0 Å². The molecule has 0 aliphatic heterocycles. The lowest BCUT2D eigenvalue weighted by atomic mass is 9.80. The van der Waals surface area contributed by atoms with Crippen molar-refractivity contribution >= 4 is 29.5 Å². The van der Waals surface area contributed by atoms with Gasteiger partial charge in [0.1, 0.15) is 0 Å². The highest BCUT2D eigenvalue weighted by atomic mass is 16.4. The van der Waals surface area contributed by atoms with Gasteiger partial charge in [-0.25, -0.2) is 0 Å². The summed E-state index contributed by atoms with van der Waals surface area (Å²) in [6, 6.07) is 37.0. The third kappa shape index (κ3) is 4.99. The molecule has 2 unspecified atom stereocenters. The van der Waals surface area contributed by atoms with Gasteiger partial charge in [0.15, 0.2) is 0 Å². The molecular weight excluding hydrogens is 429 g/mol. The number of benzene rings is 4. The average Bonchev–Trinajstić information content (AvgIpc) is 2.91. The molecule has 35 heavy (non-hydrogen) atoms. The Morgan fingerprint density at radius 2 is 1.14 bits per heavy atom. The van der Waals surface area contributed by atoms with Gasteiger partial charge in [-0.05, 0) is 57.9 Å². The minimum atomic E-state index is -1.48. The molecule has 4 aromatic carbocycles. The molecule has 4 heteroatoms. The van der Waals surface area contributed by atoms with Crippen molar-refractivity contribution in [3.63, 3.8) is 0 Å². The van der Waals surface area contributed by atoms with Crippen LogP contribution in [0.5, 0.6) is 0 Å². The summed E-state index contributed by atoms with van der Waals surface area (Å²) in [6.07, 6.45) is 6.81. The van der Waals surface area contributed by atoms with E-state index in [1.54, 1.807) is 12.1 Å². The lowest BCUT2D eigenvalue weighted by molar-refractivity contribution is 0.426. The average molecular weight is 457 g/mol. The summed E-state index contributed by atoms with van der Waals surface area (Å²) < 4.78 is 0. The van der Waals surface area contributed by atoms with E-state index in [0.29, 0.717) is 5.46 Å². The molecule has 0 spiro atoms. The highest BCUT2D eigenvalue weighted by molar-refractivity contribution is 6.58. The molecule has 2 atom stereocenters. The van der Waals surface area contributed by atoms with Crippen LogP contribution in [0, 0.1) is 5.92 Å². The van der Waals surface area contributed by atoms with E-state index in [2.05, 4.69) is 103 Å². The lowest BCUT2D eigenvalue weighted by Gasteiger charge is -2.37. The first-order chi connectivity index (χ1) is 17.1. The molecule has 0 amide bonds. The van der Waals surface area contributed by atoms with Gasteiger partial charge in [-0.1, -0.05) is 110 Å². The van der Waals surface area contributed by atoms with Crippen LogP contribution in [0.4, 0.5) is 11.4 Å². The Labute approximate surface area is 207 Å². The van der Waals surface area contributed by atoms with Crippen LogP contribution in [0.1, 0.15) is 12.5 Å². The first-order valence-corrected chi connectivity index (χ1v) is 12.0. The summed E-state index contributed by atoms with van der Waals surface area (Å²) in [5, 5.41) is 19.1. The summed E-state index contributed by atoms with van der Waals surface area (Å²) >= 11 is 0.